The topological polar surface area (TPSA) is 66.5 Å². The van der Waals surface area contributed by atoms with Gasteiger partial charge in [-0.15, -0.1) is 0 Å². The molecule has 5 nitrogen and oxygen atoms in total. The van der Waals surface area contributed by atoms with Crippen LogP contribution in [0, 0.1) is 0 Å². The molecule has 1 aromatic rings. The Morgan fingerprint density at radius 3 is 2.55 bits per heavy atom. The number of benzene rings is 1. The Labute approximate surface area is 137 Å². The van der Waals surface area contributed by atoms with E-state index in [0.29, 0.717) is 10.6 Å². The minimum atomic E-state index is -3.51. The molecule has 124 valence electrons. The maximum Gasteiger partial charge on any atom is 0.235 e. The highest BCUT2D eigenvalue weighted by atomic mass is 35.5. The molecule has 0 aromatic heterocycles. The second kappa shape index (κ2) is 8.50. The molecular formula is C15H23ClN2O3S. The molecule has 1 unspecified atom stereocenters. The van der Waals surface area contributed by atoms with Gasteiger partial charge in [-0.3, -0.25) is 4.79 Å². The number of hydrogen-bond donors (Lipinski definition) is 1. The van der Waals surface area contributed by atoms with Gasteiger partial charge in [0.05, 0.1) is 12.8 Å². The van der Waals surface area contributed by atoms with Crippen molar-refractivity contribution in [2.45, 2.75) is 39.3 Å². The summed E-state index contributed by atoms with van der Waals surface area (Å²) in [4.78, 5) is 12.0. The molecular weight excluding hydrogens is 324 g/mol. The first-order chi connectivity index (χ1) is 10.2. The van der Waals surface area contributed by atoms with Gasteiger partial charge in [0.1, 0.15) is 0 Å². The molecule has 0 saturated carbocycles. The first-order valence-electron chi connectivity index (χ1n) is 7.22. The van der Waals surface area contributed by atoms with E-state index in [9.17, 15) is 13.2 Å². The molecule has 0 aliphatic rings. The maximum atomic E-state index is 12.0. The van der Waals surface area contributed by atoms with Crippen LogP contribution in [-0.4, -0.2) is 37.5 Å². The number of carbonyl (C=O) groups excluding carboxylic acids is 1. The van der Waals surface area contributed by atoms with E-state index in [-0.39, 0.29) is 25.0 Å². The third-order valence-electron chi connectivity index (χ3n) is 3.22. The van der Waals surface area contributed by atoms with E-state index >= 15 is 0 Å². The second-order valence-electron chi connectivity index (χ2n) is 5.38. The fraction of sp³-hybridized carbons (Fsp3) is 0.533. The van der Waals surface area contributed by atoms with Crippen molar-refractivity contribution >= 4 is 27.5 Å². The lowest BCUT2D eigenvalue weighted by Gasteiger charge is -2.21. The zero-order chi connectivity index (χ0) is 16.8. The van der Waals surface area contributed by atoms with Gasteiger partial charge in [0.25, 0.3) is 0 Å². The Kier molecular flexibility index (Phi) is 7.32. The van der Waals surface area contributed by atoms with E-state index in [0.717, 1.165) is 23.4 Å². The number of nitrogens with zero attached hydrogens (tertiary/aromatic N) is 1. The number of amides is 1. The monoisotopic (exact) mass is 346 g/mol. The van der Waals surface area contributed by atoms with Crippen LogP contribution in [0.3, 0.4) is 0 Å². The number of rotatable bonds is 8. The van der Waals surface area contributed by atoms with E-state index < -0.39 is 10.0 Å². The number of nitrogens with one attached hydrogen (secondary N) is 1. The average Bonchev–Trinajstić information content (AvgIpc) is 2.39. The normalized spacial score (nSPS) is 13.1. The van der Waals surface area contributed by atoms with Gasteiger partial charge >= 0.3 is 0 Å². The summed E-state index contributed by atoms with van der Waals surface area (Å²) >= 11 is 6.06. The number of sulfonamides is 1. The van der Waals surface area contributed by atoms with Crippen LogP contribution in [0.1, 0.15) is 32.3 Å². The Balaban J connectivity index is 2.79. The van der Waals surface area contributed by atoms with Crippen LogP contribution >= 0.6 is 11.6 Å². The standard InChI is InChI=1S/C15H23ClN2O3S/c1-4-7-12(2)17-15(19)11-18(22(3,20)21)10-13-8-5-6-9-14(13)16/h5-6,8-9,12H,4,7,10-11H2,1-3H3,(H,17,19). The summed E-state index contributed by atoms with van der Waals surface area (Å²) in [5.41, 5.74) is 0.670. The van der Waals surface area contributed by atoms with Crippen molar-refractivity contribution in [2.75, 3.05) is 12.8 Å². The van der Waals surface area contributed by atoms with Crippen LogP contribution in [0.2, 0.25) is 5.02 Å². The Morgan fingerprint density at radius 1 is 1.36 bits per heavy atom. The molecule has 0 bridgehead atoms. The molecule has 0 aliphatic heterocycles. The molecule has 0 aliphatic carbocycles. The van der Waals surface area contributed by atoms with Crippen LogP contribution in [0.25, 0.3) is 0 Å². The largest absolute Gasteiger partial charge is 0.353 e. The predicted octanol–water partition coefficient (Wildman–Crippen LogP) is 2.41. The van der Waals surface area contributed by atoms with Crippen LogP contribution in [-0.2, 0) is 21.4 Å². The molecule has 0 spiro atoms. The minimum absolute atomic E-state index is 0.0271. The van der Waals surface area contributed by atoms with Crippen LogP contribution < -0.4 is 5.32 Å². The molecule has 22 heavy (non-hydrogen) atoms. The zero-order valence-corrected chi connectivity index (χ0v) is 14.7. The van der Waals surface area contributed by atoms with E-state index in [4.69, 9.17) is 11.6 Å². The van der Waals surface area contributed by atoms with Crippen LogP contribution in [0.4, 0.5) is 0 Å². The van der Waals surface area contributed by atoms with E-state index in [1.165, 1.54) is 0 Å². The summed E-state index contributed by atoms with van der Waals surface area (Å²) < 4.78 is 24.9. The minimum Gasteiger partial charge on any atom is -0.353 e. The summed E-state index contributed by atoms with van der Waals surface area (Å²) in [5.74, 6) is -0.307. The number of carbonyl (C=O) groups is 1. The molecule has 1 amide bonds. The lowest BCUT2D eigenvalue weighted by Crippen LogP contribution is -2.42. The highest BCUT2D eigenvalue weighted by Crippen LogP contribution is 2.18. The smallest absolute Gasteiger partial charge is 0.235 e. The Bertz CT molecular complexity index is 605. The molecule has 7 heteroatoms. The van der Waals surface area contributed by atoms with Crippen LogP contribution in [0.5, 0.6) is 0 Å². The molecule has 1 atom stereocenters. The van der Waals surface area contributed by atoms with Gasteiger partial charge in [-0.2, -0.15) is 4.31 Å². The Hall–Kier alpha value is -1.11. The van der Waals surface area contributed by atoms with Crippen molar-refractivity contribution in [1.82, 2.24) is 9.62 Å². The summed E-state index contributed by atoms with van der Waals surface area (Å²) in [6.07, 6.45) is 2.90. The van der Waals surface area contributed by atoms with Crippen molar-refractivity contribution in [1.29, 1.82) is 0 Å². The molecule has 0 heterocycles. The van der Waals surface area contributed by atoms with Gasteiger partial charge < -0.3 is 5.32 Å². The zero-order valence-electron chi connectivity index (χ0n) is 13.2. The summed E-state index contributed by atoms with van der Waals surface area (Å²) in [6, 6.07) is 7.03. The summed E-state index contributed by atoms with van der Waals surface area (Å²) in [5, 5.41) is 3.29. The van der Waals surface area contributed by atoms with Crippen molar-refractivity contribution < 1.29 is 13.2 Å². The van der Waals surface area contributed by atoms with Gasteiger partial charge in [-0.1, -0.05) is 43.1 Å². The quantitative estimate of drug-likeness (QED) is 0.786. The van der Waals surface area contributed by atoms with Crippen LogP contribution in [0.15, 0.2) is 24.3 Å². The van der Waals surface area contributed by atoms with Crippen molar-refractivity contribution in [2.24, 2.45) is 0 Å². The maximum absolute atomic E-state index is 12.0. The molecule has 0 fully saturated rings. The second-order valence-corrected chi connectivity index (χ2v) is 7.77. The van der Waals surface area contributed by atoms with E-state index in [1.54, 1.807) is 24.3 Å². The predicted molar refractivity (Wildman–Crippen MR) is 89.2 cm³/mol. The molecule has 1 aromatic carbocycles. The highest BCUT2D eigenvalue weighted by Gasteiger charge is 2.22. The van der Waals surface area contributed by atoms with Crippen molar-refractivity contribution in [3.8, 4) is 0 Å². The first kappa shape index (κ1) is 18.9. The summed E-state index contributed by atoms with van der Waals surface area (Å²) in [7, 11) is -3.51. The van der Waals surface area contributed by atoms with Gasteiger partial charge in [-0.05, 0) is 25.0 Å². The fourth-order valence-corrected chi connectivity index (χ4v) is 3.01. The third-order valence-corrected chi connectivity index (χ3v) is 4.79. The van der Waals surface area contributed by atoms with E-state index in [2.05, 4.69) is 5.32 Å². The number of halogens is 1. The van der Waals surface area contributed by atoms with Gasteiger partial charge in [0, 0.05) is 17.6 Å². The number of hydrogen-bond acceptors (Lipinski definition) is 3. The third kappa shape index (κ3) is 6.34. The lowest BCUT2D eigenvalue weighted by molar-refractivity contribution is -0.122. The van der Waals surface area contributed by atoms with Gasteiger partial charge in [0.2, 0.25) is 15.9 Å². The first-order valence-corrected chi connectivity index (χ1v) is 9.44. The molecule has 0 saturated heterocycles. The Morgan fingerprint density at radius 2 is 2.00 bits per heavy atom. The van der Waals surface area contributed by atoms with E-state index in [1.807, 2.05) is 13.8 Å². The molecule has 1 rings (SSSR count). The molecule has 0 radical (unpaired) electrons. The van der Waals surface area contributed by atoms with Crippen molar-refractivity contribution in [3.05, 3.63) is 34.9 Å². The SMILES string of the molecule is CCCC(C)NC(=O)CN(Cc1ccccc1Cl)S(C)(=O)=O. The average molecular weight is 347 g/mol. The highest BCUT2D eigenvalue weighted by molar-refractivity contribution is 7.88. The fourth-order valence-electron chi connectivity index (χ4n) is 2.09. The van der Waals surface area contributed by atoms with Gasteiger partial charge in [0.15, 0.2) is 0 Å². The lowest BCUT2D eigenvalue weighted by atomic mass is 10.2. The van der Waals surface area contributed by atoms with Gasteiger partial charge in [-0.25, -0.2) is 8.42 Å². The molecule has 1 N–H and O–H groups in total. The summed E-state index contributed by atoms with van der Waals surface area (Å²) in [6.45, 7) is 3.80. The van der Waals surface area contributed by atoms with Crippen molar-refractivity contribution in [3.63, 3.8) is 0 Å².